The lowest BCUT2D eigenvalue weighted by Crippen LogP contribution is -2.38. The number of piperidine rings is 1. The Kier molecular flexibility index (Phi) is 4.18. The monoisotopic (exact) mass is 237 g/mol. The fourth-order valence-corrected chi connectivity index (χ4v) is 2.64. The van der Waals surface area contributed by atoms with Gasteiger partial charge in [0.05, 0.1) is 12.2 Å². The first-order valence-corrected chi connectivity index (χ1v) is 6.53. The summed E-state index contributed by atoms with van der Waals surface area (Å²) < 4.78 is 2.08. The van der Waals surface area contributed by atoms with Crippen molar-refractivity contribution in [2.75, 3.05) is 26.2 Å². The maximum Gasteiger partial charge on any atom is 0.0596 e. The molecular formula is C13H23N3O. The predicted molar refractivity (Wildman–Crippen MR) is 68.0 cm³/mol. The zero-order valence-corrected chi connectivity index (χ0v) is 10.9. The molecular weight excluding hydrogens is 214 g/mol. The van der Waals surface area contributed by atoms with Gasteiger partial charge in [-0.25, -0.2) is 0 Å². The molecule has 1 saturated heterocycles. The summed E-state index contributed by atoms with van der Waals surface area (Å²) in [7, 11) is 0. The Morgan fingerprint density at radius 1 is 1.41 bits per heavy atom. The molecule has 96 valence electrons. The molecule has 2 rings (SSSR count). The second-order valence-corrected chi connectivity index (χ2v) is 5.14. The number of aromatic nitrogens is 2. The third kappa shape index (κ3) is 3.30. The molecule has 1 aromatic rings. The minimum atomic E-state index is 0.330. The van der Waals surface area contributed by atoms with Crippen LogP contribution in [0.3, 0.4) is 0 Å². The van der Waals surface area contributed by atoms with Crippen molar-refractivity contribution < 1.29 is 5.11 Å². The maximum atomic E-state index is 9.20. The standard InChI is InChI=1S/C13H23N3O/c1-11-8-12(2)16(14-11)7-6-15-5-3-4-13(9-15)10-17/h8,13,17H,3-7,9-10H2,1-2H3/t13-/m1/s1. The number of hydrogen-bond donors (Lipinski definition) is 1. The van der Waals surface area contributed by atoms with Crippen molar-refractivity contribution in [1.29, 1.82) is 0 Å². The molecule has 1 N–H and O–H groups in total. The molecule has 1 atom stereocenters. The first-order valence-electron chi connectivity index (χ1n) is 6.53. The Bertz CT molecular complexity index is 362. The summed E-state index contributed by atoms with van der Waals surface area (Å²) in [6.07, 6.45) is 2.38. The van der Waals surface area contributed by atoms with Crippen molar-refractivity contribution >= 4 is 0 Å². The Balaban J connectivity index is 1.83. The minimum absolute atomic E-state index is 0.330. The van der Waals surface area contributed by atoms with E-state index >= 15 is 0 Å². The molecule has 0 radical (unpaired) electrons. The Morgan fingerprint density at radius 3 is 2.88 bits per heavy atom. The van der Waals surface area contributed by atoms with Gasteiger partial charge in [0, 0.05) is 25.4 Å². The van der Waals surface area contributed by atoms with Crippen LogP contribution < -0.4 is 0 Å². The molecule has 0 aromatic carbocycles. The van der Waals surface area contributed by atoms with Crippen LogP contribution in [0.2, 0.25) is 0 Å². The molecule has 4 heteroatoms. The summed E-state index contributed by atoms with van der Waals surface area (Å²) >= 11 is 0. The zero-order valence-electron chi connectivity index (χ0n) is 10.9. The molecule has 0 aliphatic carbocycles. The fraction of sp³-hybridized carbons (Fsp3) is 0.769. The molecule has 0 bridgehead atoms. The molecule has 17 heavy (non-hydrogen) atoms. The van der Waals surface area contributed by atoms with E-state index in [1.165, 1.54) is 18.5 Å². The average molecular weight is 237 g/mol. The minimum Gasteiger partial charge on any atom is -0.396 e. The van der Waals surface area contributed by atoms with Crippen LogP contribution >= 0.6 is 0 Å². The highest BCUT2D eigenvalue weighted by Crippen LogP contribution is 2.15. The molecule has 0 spiro atoms. The van der Waals surface area contributed by atoms with E-state index < -0.39 is 0 Å². The number of aryl methyl sites for hydroxylation is 2. The van der Waals surface area contributed by atoms with E-state index in [0.29, 0.717) is 12.5 Å². The lowest BCUT2D eigenvalue weighted by molar-refractivity contribution is 0.117. The van der Waals surface area contributed by atoms with Crippen LogP contribution in [0.25, 0.3) is 0 Å². The molecule has 0 unspecified atom stereocenters. The van der Waals surface area contributed by atoms with Crippen molar-refractivity contribution in [2.24, 2.45) is 5.92 Å². The first kappa shape index (κ1) is 12.6. The van der Waals surface area contributed by atoms with E-state index in [2.05, 4.69) is 27.7 Å². The van der Waals surface area contributed by atoms with Gasteiger partial charge in [-0.15, -0.1) is 0 Å². The lowest BCUT2D eigenvalue weighted by Gasteiger charge is -2.31. The number of aliphatic hydroxyl groups excluding tert-OH is 1. The van der Waals surface area contributed by atoms with Crippen LogP contribution in [0.15, 0.2) is 6.07 Å². The number of nitrogens with zero attached hydrogens (tertiary/aromatic N) is 3. The molecule has 1 fully saturated rings. The molecule has 1 aliphatic heterocycles. The Hall–Kier alpha value is -0.870. The van der Waals surface area contributed by atoms with E-state index in [1.807, 2.05) is 6.92 Å². The van der Waals surface area contributed by atoms with Gasteiger partial charge in [-0.05, 0) is 45.2 Å². The molecule has 0 saturated carbocycles. The zero-order chi connectivity index (χ0) is 12.3. The summed E-state index contributed by atoms with van der Waals surface area (Å²) in [4.78, 5) is 2.45. The third-order valence-electron chi connectivity index (χ3n) is 3.59. The van der Waals surface area contributed by atoms with Crippen LogP contribution in [0.1, 0.15) is 24.2 Å². The van der Waals surface area contributed by atoms with Gasteiger partial charge in [-0.1, -0.05) is 0 Å². The van der Waals surface area contributed by atoms with Crippen molar-refractivity contribution in [3.8, 4) is 0 Å². The second-order valence-electron chi connectivity index (χ2n) is 5.14. The fourth-order valence-electron chi connectivity index (χ4n) is 2.64. The van der Waals surface area contributed by atoms with E-state index in [9.17, 15) is 5.11 Å². The van der Waals surface area contributed by atoms with E-state index in [1.54, 1.807) is 0 Å². The van der Waals surface area contributed by atoms with Crippen LogP contribution in [-0.2, 0) is 6.54 Å². The van der Waals surface area contributed by atoms with Gasteiger partial charge in [0.15, 0.2) is 0 Å². The lowest BCUT2D eigenvalue weighted by atomic mass is 9.99. The number of likely N-dealkylation sites (tertiary alicyclic amines) is 1. The van der Waals surface area contributed by atoms with Crippen LogP contribution in [0.4, 0.5) is 0 Å². The van der Waals surface area contributed by atoms with Crippen LogP contribution in [0.5, 0.6) is 0 Å². The maximum absolute atomic E-state index is 9.20. The average Bonchev–Trinajstić information content (AvgIpc) is 2.65. The quantitative estimate of drug-likeness (QED) is 0.855. The van der Waals surface area contributed by atoms with Crippen molar-refractivity contribution in [1.82, 2.24) is 14.7 Å². The highest BCUT2D eigenvalue weighted by molar-refractivity contribution is 5.06. The largest absolute Gasteiger partial charge is 0.396 e. The topological polar surface area (TPSA) is 41.3 Å². The summed E-state index contributed by atoms with van der Waals surface area (Å²) in [6.45, 7) is 8.66. The molecule has 1 aromatic heterocycles. The second kappa shape index (κ2) is 5.65. The van der Waals surface area contributed by atoms with Crippen LogP contribution in [0, 0.1) is 19.8 Å². The van der Waals surface area contributed by atoms with Gasteiger partial charge < -0.3 is 10.0 Å². The van der Waals surface area contributed by atoms with Gasteiger partial charge in [-0.2, -0.15) is 5.10 Å². The normalized spacial score (nSPS) is 21.9. The van der Waals surface area contributed by atoms with Gasteiger partial charge in [-0.3, -0.25) is 4.68 Å². The Labute approximate surface area is 103 Å². The first-order chi connectivity index (χ1) is 8.19. The van der Waals surface area contributed by atoms with Gasteiger partial charge in [0.25, 0.3) is 0 Å². The number of rotatable bonds is 4. The summed E-state index contributed by atoms with van der Waals surface area (Å²) in [5, 5.41) is 13.7. The van der Waals surface area contributed by atoms with Gasteiger partial charge >= 0.3 is 0 Å². The number of aliphatic hydroxyl groups is 1. The SMILES string of the molecule is Cc1cc(C)n(CCN2CCC[C@@H](CO)C2)n1. The van der Waals surface area contributed by atoms with Crippen molar-refractivity contribution in [3.05, 3.63) is 17.5 Å². The predicted octanol–water partition coefficient (Wildman–Crippen LogP) is 1.20. The Morgan fingerprint density at radius 2 is 2.24 bits per heavy atom. The summed E-state index contributed by atoms with van der Waals surface area (Å²) in [6, 6.07) is 2.12. The van der Waals surface area contributed by atoms with Crippen LogP contribution in [-0.4, -0.2) is 46.0 Å². The van der Waals surface area contributed by atoms with Gasteiger partial charge in [0.2, 0.25) is 0 Å². The summed E-state index contributed by atoms with van der Waals surface area (Å²) in [5.74, 6) is 0.476. The third-order valence-corrected chi connectivity index (χ3v) is 3.59. The molecule has 4 nitrogen and oxygen atoms in total. The van der Waals surface area contributed by atoms with Crippen molar-refractivity contribution in [2.45, 2.75) is 33.2 Å². The summed E-state index contributed by atoms with van der Waals surface area (Å²) in [5.41, 5.74) is 2.33. The van der Waals surface area contributed by atoms with Gasteiger partial charge in [0.1, 0.15) is 0 Å². The molecule has 0 amide bonds. The van der Waals surface area contributed by atoms with E-state index in [4.69, 9.17) is 0 Å². The molecule has 1 aliphatic rings. The van der Waals surface area contributed by atoms with Crippen molar-refractivity contribution in [3.63, 3.8) is 0 Å². The van der Waals surface area contributed by atoms with E-state index in [0.717, 1.165) is 31.9 Å². The van der Waals surface area contributed by atoms with E-state index in [-0.39, 0.29) is 0 Å². The molecule has 2 heterocycles. The smallest absolute Gasteiger partial charge is 0.0596 e. The highest BCUT2D eigenvalue weighted by Gasteiger charge is 2.18. The highest BCUT2D eigenvalue weighted by atomic mass is 16.3. The number of hydrogen-bond acceptors (Lipinski definition) is 3.